The molecule has 0 bridgehead atoms. The molecule has 1 aliphatic carbocycles. The van der Waals surface area contributed by atoms with Gasteiger partial charge in [0.15, 0.2) is 0 Å². The molecule has 0 aromatic heterocycles. The maximum absolute atomic E-state index is 11.1. The molecule has 0 aromatic carbocycles. The maximum atomic E-state index is 11.1. The van der Waals surface area contributed by atoms with Crippen LogP contribution in [0.15, 0.2) is 0 Å². The van der Waals surface area contributed by atoms with Crippen molar-refractivity contribution in [3.63, 3.8) is 0 Å². The molecule has 5 heteroatoms. The highest BCUT2D eigenvalue weighted by molar-refractivity contribution is 7.86. The monoisotopic (exact) mass is 250 g/mol. The average molecular weight is 250 g/mol. The Morgan fingerprint density at radius 3 is 2.20 bits per heavy atom. The Hall–Kier alpha value is 0.127. The maximum Gasteiger partial charge on any atom is 0.264 e. The molecule has 0 radical (unpaired) electrons. The van der Waals surface area contributed by atoms with Crippen molar-refractivity contribution in [3.8, 4) is 0 Å². The Bertz CT molecular complexity index is 335. The summed E-state index contributed by atoms with van der Waals surface area (Å²) in [5.41, 5.74) is 0.121. The molecular formula is C10H22O3SSi. The van der Waals surface area contributed by atoms with Crippen LogP contribution < -0.4 is 0 Å². The lowest BCUT2D eigenvalue weighted by Crippen LogP contribution is -2.33. The number of rotatable bonds is 5. The van der Waals surface area contributed by atoms with Gasteiger partial charge in [-0.25, -0.2) is 0 Å². The first-order valence-corrected chi connectivity index (χ1v) is 10.4. The fourth-order valence-electron chi connectivity index (χ4n) is 2.51. The van der Waals surface area contributed by atoms with Gasteiger partial charge in [0, 0.05) is 0 Å². The van der Waals surface area contributed by atoms with E-state index in [1.807, 2.05) is 6.92 Å². The predicted octanol–water partition coefficient (Wildman–Crippen LogP) is 2.61. The number of hydrogen-bond acceptors (Lipinski definition) is 3. The average Bonchev–Trinajstić information content (AvgIpc) is 2.73. The lowest BCUT2D eigenvalue weighted by molar-refractivity contribution is 0.209. The second-order valence-corrected chi connectivity index (χ2v) is 12.2. The molecule has 0 aromatic rings. The summed E-state index contributed by atoms with van der Waals surface area (Å²) < 4.78 is 27.5. The molecule has 0 unspecified atom stereocenters. The molecule has 0 saturated heterocycles. The van der Waals surface area contributed by atoms with E-state index < -0.39 is 18.2 Å². The minimum Gasteiger partial charge on any atom is -0.264 e. The summed E-state index contributed by atoms with van der Waals surface area (Å²) >= 11 is 0. The molecular weight excluding hydrogens is 228 g/mol. The van der Waals surface area contributed by atoms with Crippen molar-refractivity contribution in [1.82, 2.24) is 0 Å². The van der Waals surface area contributed by atoms with Crippen LogP contribution in [0, 0.1) is 0 Å². The lowest BCUT2D eigenvalue weighted by Gasteiger charge is -2.26. The molecule has 1 aliphatic rings. The summed E-state index contributed by atoms with van der Waals surface area (Å²) in [7, 11) is -4.59. The van der Waals surface area contributed by atoms with Crippen LogP contribution in [0.25, 0.3) is 0 Å². The van der Waals surface area contributed by atoms with Crippen molar-refractivity contribution in [1.29, 1.82) is 0 Å². The molecule has 2 atom stereocenters. The smallest absolute Gasteiger partial charge is 0.264 e. The quantitative estimate of drug-likeness (QED) is 0.556. The zero-order valence-electron chi connectivity index (χ0n) is 10.3. The van der Waals surface area contributed by atoms with Gasteiger partial charge in [0.2, 0.25) is 0 Å². The largest absolute Gasteiger partial charge is 0.264 e. The molecule has 1 rings (SSSR count). The molecule has 0 spiro atoms. The van der Waals surface area contributed by atoms with Crippen LogP contribution in [0.4, 0.5) is 0 Å². The molecule has 15 heavy (non-hydrogen) atoms. The van der Waals surface area contributed by atoms with Crippen molar-refractivity contribution in [2.45, 2.75) is 57.0 Å². The first-order valence-electron chi connectivity index (χ1n) is 5.57. The minimum absolute atomic E-state index is 0.388. The van der Waals surface area contributed by atoms with Gasteiger partial charge in [-0.15, -0.1) is 0 Å². The minimum atomic E-state index is -3.31. The third-order valence-corrected chi connectivity index (χ3v) is 10.4. The van der Waals surface area contributed by atoms with E-state index in [0.717, 1.165) is 12.7 Å². The predicted molar refractivity (Wildman–Crippen MR) is 65.3 cm³/mol. The molecule has 0 amide bonds. The Morgan fingerprint density at radius 2 is 1.87 bits per heavy atom. The van der Waals surface area contributed by atoms with Crippen molar-refractivity contribution >= 4 is 18.2 Å². The zero-order valence-corrected chi connectivity index (χ0v) is 12.1. The van der Waals surface area contributed by atoms with E-state index >= 15 is 0 Å². The topological polar surface area (TPSA) is 43.4 Å². The van der Waals surface area contributed by atoms with E-state index in [2.05, 4.69) is 20.4 Å². The first-order chi connectivity index (χ1) is 6.67. The van der Waals surface area contributed by atoms with Crippen molar-refractivity contribution in [2.75, 3.05) is 6.26 Å². The second kappa shape index (κ2) is 3.86. The zero-order chi connectivity index (χ0) is 11.9. The molecule has 0 aliphatic heterocycles. The summed E-state index contributed by atoms with van der Waals surface area (Å²) in [6.07, 6.45) is 2.06. The summed E-state index contributed by atoms with van der Waals surface area (Å²) in [4.78, 5) is 0. The third-order valence-electron chi connectivity index (χ3n) is 3.98. The van der Waals surface area contributed by atoms with Crippen LogP contribution in [0.2, 0.25) is 24.2 Å². The van der Waals surface area contributed by atoms with Gasteiger partial charge in [0.1, 0.15) is 0 Å². The van der Waals surface area contributed by atoms with E-state index in [9.17, 15) is 8.42 Å². The van der Waals surface area contributed by atoms with Crippen LogP contribution in [-0.2, 0) is 14.3 Å². The summed E-state index contributed by atoms with van der Waals surface area (Å²) in [6.45, 7) is 8.73. The fourth-order valence-corrected chi connectivity index (χ4v) is 7.39. The van der Waals surface area contributed by atoms with Crippen LogP contribution in [-0.4, -0.2) is 28.3 Å². The molecule has 0 N–H and O–H groups in total. The Kier molecular flexibility index (Phi) is 3.39. The number of hydrogen-bond donors (Lipinski definition) is 0. The lowest BCUT2D eigenvalue weighted by atomic mass is 10.4. The Labute approximate surface area is 94.3 Å². The Balaban J connectivity index is 2.73. The highest BCUT2D eigenvalue weighted by Crippen LogP contribution is 2.60. The van der Waals surface area contributed by atoms with Crippen LogP contribution in [0.1, 0.15) is 27.2 Å². The van der Waals surface area contributed by atoms with E-state index in [1.165, 1.54) is 12.1 Å². The van der Waals surface area contributed by atoms with Crippen molar-refractivity contribution < 1.29 is 12.6 Å². The van der Waals surface area contributed by atoms with Gasteiger partial charge in [-0.1, -0.05) is 32.5 Å². The third kappa shape index (κ3) is 2.82. The van der Waals surface area contributed by atoms with Gasteiger partial charge in [-0.3, -0.25) is 4.18 Å². The highest BCUT2D eigenvalue weighted by atomic mass is 32.2. The summed E-state index contributed by atoms with van der Waals surface area (Å²) in [5.74, 6) is 0. The fraction of sp³-hybridized carbons (Fsp3) is 1.00. The summed E-state index contributed by atoms with van der Waals surface area (Å²) in [5, 5.41) is 0. The van der Waals surface area contributed by atoms with Gasteiger partial charge in [0.05, 0.1) is 19.9 Å². The van der Waals surface area contributed by atoms with Gasteiger partial charge in [-0.2, -0.15) is 8.42 Å². The first kappa shape index (κ1) is 13.2. The van der Waals surface area contributed by atoms with Crippen LogP contribution >= 0.6 is 0 Å². The van der Waals surface area contributed by atoms with E-state index in [-0.39, 0.29) is 5.60 Å². The van der Waals surface area contributed by atoms with Crippen molar-refractivity contribution in [2.24, 2.45) is 0 Å². The van der Waals surface area contributed by atoms with Gasteiger partial charge in [0.25, 0.3) is 10.1 Å². The van der Waals surface area contributed by atoms with E-state index in [4.69, 9.17) is 4.18 Å². The van der Waals surface area contributed by atoms with Gasteiger partial charge < -0.3 is 0 Å². The highest BCUT2D eigenvalue weighted by Gasteiger charge is 2.61. The standard InChI is InChI=1S/C10H22O3SSi/c1-6-15(5,7-2)9-8-10(9,3)13-14(4,11)12/h9H,6-8H2,1-5H3/t9-,10-/m1/s1. The van der Waals surface area contributed by atoms with Gasteiger partial charge in [-0.05, 0) is 18.9 Å². The van der Waals surface area contributed by atoms with Crippen LogP contribution in [0.3, 0.4) is 0 Å². The normalized spacial score (nSPS) is 31.7. The molecule has 0 heterocycles. The summed E-state index contributed by atoms with van der Waals surface area (Å²) in [6, 6.07) is 2.41. The van der Waals surface area contributed by atoms with E-state index in [0.29, 0.717) is 5.54 Å². The van der Waals surface area contributed by atoms with Crippen LogP contribution in [0.5, 0.6) is 0 Å². The van der Waals surface area contributed by atoms with E-state index in [1.54, 1.807) is 0 Å². The second-order valence-electron chi connectivity index (χ2n) is 5.22. The molecule has 1 saturated carbocycles. The Morgan fingerprint density at radius 1 is 1.40 bits per heavy atom. The SMILES string of the molecule is CC[Si](C)(CC)[C@@H]1C[C@@]1(C)OS(C)(=O)=O. The molecule has 3 nitrogen and oxygen atoms in total. The molecule has 1 fully saturated rings. The van der Waals surface area contributed by atoms with Crippen molar-refractivity contribution in [3.05, 3.63) is 0 Å². The molecule has 90 valence electrons. The van der Waals surface area contributed by atoms with Gasteiger partial charge >= 0.3 is 0 Å².